The molecule has 0 bridgehead atoms. The maximum Gasteiger partial charge on any atom is 0.0387 e. The van der Waals surface area contributed by atoms with Gasteiger partial charge in [0.25, 0.3) is 0 Å². The van der Waals surface area contributed by atoms with Crippen LogP contribution < -0.4 is 0 Å². The maximum atomic E-state index is 2.67. The number of hydrogen-bond acceptors (Lipinski definition) is 1. The fourth-order valence-corrected chi connectivity index (χ4v) is 11.4. The number of rotatable bonds is 3. The van der Waals surface area contributed by atoms with E-state index in [1.807, 2.05) is 0 Å². The summed E-state index contributed by atoms with van der Waals surface area (Å²) in [4.78, 5) is 1.48. The zero-order chi connectivity index (χ0) is 28.3. The molecule has 0 nitrogen and oxygen atoms in total. The highest BCUT2D eigenvalue weighted by atomic mass is 32.2. The molecular formula is C42H44S. The summed E-state index contributed by atoms with van der Waals surface area (Å²) in [6.07, 6.45) is 40.9. The Balaban J connectivity index is 1.07. The lowest BCUT2D eigenvalue weighted by atomic mass is 9.61. The van der Waals surface area contributed by atoms with Crippen LogP contribution in [0.25, 0.3) is 0 Å². The van der Waals surface area contributed by atoms with Crippen molar-refractivity contribution in [2.24, 2.45) is 23.7 Å². The molecule has 0 N–H and O–H groups in total. The first kappa shape index (κ1) is 26.6. The van der Waals surface area contributed by atoms with Gasteiger partial charge < -0.3 is 0 Å². The van der Waals surface area contributed by atoms with E-state index in [0.717, 1.165) is 18.3 Å². The number of benzene rings is 1. The second-order valence-electron chi connectivity index (χ2n) is 14.3. The van der Waals surface area contributed by atoms with Gasteiger partial charge >= 0.3 is 0 Å². The maximum absolute atomic E-state index is 2.67. The smallest absolute Gasteiger partial charge is 0.0387 e. The molecule has 1 aromatic rings. The highest BCUT2D eigenvalue weighted by molar-refractivity contribution is 8.00. The summed E-state index contributed by atoms with van der Waals surface area (Å²) < 4.78 is 0. The molecule has 1 aromatic carbocycles. The van der Waals surface area contributed by atoms with E-state index in [0.29, 0.717) is 23.0 Å². The first-order valence-corrected chi connectivity index (χ1v) is 18.3. The third-order valence-corrected chi connectivity index (χ3v) is 13.4. The molecule has 0 amide bonds. The van der Waals surface area contributed by atoms with Gasteiger partial charge in [-0.15, -0.1) is 11.8 Å². The first-order chi connectivity index (χ1) is 21.3. The van der Waals surface area contributed by atoms with Crippen molar-refractivity contribution in [2.75, 3.05) is 0 Å². The zero-order valence-corrected chi connectivity index (χ0v) is 26.3. The van der Waals surface area contributed by atoms with Gasteiger partial charge in [0, 0.05) is 22.0 Å². The number of fused-ring (bicyclic) bond motifs is 6. The van der Waals surface area contributed by atoms with E-state index in [1.54, 1.807) is 50.1 Å². The van der Waals surface area contributed by atoms with Crippen molar-refractivity contribution >= 4 is 11.8 Å². The summed E-state index contributed by atoms with van der Waals surface area (Å²) in [6.45, 7) is 0. The van der Waals surface area contributed by atoms with Gasteiger partial charge in [-0.3, -0.25) is 0 Å². The van der Waals surface area contributed by atoms with Crippen molar-refractivity contribution in [3.63, 3.8) is 0 Å². The molecule has 4 atom stereocenters. The van der Waals surface area contributed by atoms with Gasteiger partial charge in [-0.2, -0.15) is 0 Å². The Labute approximate surface area is 262 Å². The van der Waals surface area contributed by atoms with Gasteiger partial charge in [0.05, 0.1) is 0 Å². The van der Waals surface area contributed by atoms with Crippen molar-refractivity contribution in [3.05, 3.63) is 135 Å². The molecule has 218 valence electrons. The Morgan fingerprint density at radius 3 is 2.58 bits per heavy atom. The SMILES string of the molecule is C1=CCC2C(=C1)C(C1CCC(C3=CCC4CCCCC4=C3)CC1)=C1CCC=CC1=C2C1=CC=CC2Sc3ccccc3C12. The summed E-state index contributed by atoms with van der Waals surface area (Å²) in [5.74, 6) is 3.32. The molecule has 0 saturated heterocycles. The van der Waals surface area contributed by atoms with Crippen molar-refractivity contribution in [1.29, 1.82) is 0 Å². The summed E-state index contributed by atoms with van der Waals surface area (Å²) in [5.41, 5.74) is 15.0. The Morgan fingerprint density at radius 1 is 0.744 bits per heavy atom. The Hall–Kier alpha value is -2.77. The molecule has 0 spiro atoms. The van der Waals surface area contributed by atoms with E-state index in [1.165, 1.54) is 75.5 Å². The van der Waals surface area contributed by atoms with Gasteiger partial charge in [-0.25, -0.2) is 0 Å². The van der Waals surface area contributed by atoms with Crippen molar-refractivity contribution in [2.45, 2.75) is 93.1 Å². The third kappa shape index (κ3) is 4.48. The van der Waals surface area contributed by atoms with E-state index in [9.17, 15) is 0 Å². The van der Waals surface area contributed by atoms with Gasteiger partial charge in [-0.05, 0) is 139 Å². The molecule has 2 fully saturated rings. The number of hydrogen-bond donors (Lipinski definition) is 0. The second-order valence-corrected chi connectivity index (χ2v) is 15.5. The average molecular weight is 581 g/mol. The van der Waals surface area contributed by atoms with Crippen molar-refractivity contribution in [1.82, 2.24) is 0 Å². The normalized spacial score (nSPS) is 34.3. The van der Waals surface area contributed by atoms with Crippen LogP contribution in [-0.2, 0) is 0 Å². The fourth-order valence-electron chi connectivity index (χ4n) is 10.1. The molecule has 8 aliphatic rings. The summed E-state index contributed by atoms with van der Waals surface area (Å²) in [5, 5.41) is 0.515. The first-order valence-electron chi connectivity index (χ1n) is 17.4. The molecule has 0 radical (unpaired) electrons. The summed E-state index contributed by atoms with van der Waals surface area (Å²) >= 11 is 2.07. The minimum atomic E-state index is 0.469. The third-order valence-electron chi connectivity index (χ3n) is 12.1. The summed E-state index contributed by atoms with van der Waals surface area (Å²) in [7, 11) is 0. The molecule has 1 heteroatoms. The Bertz CT molecular complexity index is 1620. The van der Waals surface area contributed by atoms with Gasteiger partial charge in [0.1, 0.15) is 0 Å². The van der Waals surface area contributed by atoms with Crippen LogP contribution in [0, 0.1) is 23.7 Å². The minimum Gasteiger partial charge on any atom is -0.117 e. The lowest BCUT2D eigenvalue weighted by Gasteiger charge is -2.43. The van der Waals surface area contributed by atoms with Crippen molar-refractivity contribution < 1.29 is 0 Å². The molecule has 7 aliphatic carbocycles. The predicted molar refractivity (Wildman–Crippen MR) is 182 cm³/mol. The van der Waals surface area contributed by atoms with E-state index >= 15 is 0 Å². The summed E-state index contributed by atoms with van der Waals surface area (Å²) in [6, 6.07) is 9.20. The second kappa shape index (κ2) is 11.0. The highest BCUT2D eigenvalue weighted by Gasteiger charge is 2.43. The average Bonchev–Trinajstić information content (AvgIpc) is 3.46. The largest absolute Gasteiger partial charge is 0.117 e. The highest BCUT2D eigenvalue weighted by Crippen LogP contribution is 2.58. The molecule has 2 saturated carbocycles. The molecular weight excluding hydrogens is 537 g/mol. The molecule has 1 aliphatic heterocycles. The van der Waals surface area contributed by atoms with Gasteiger partial charge in [0.2, 0.25) is 0 Å². The van der Waals surface area contributed by atoms with Crippen LogP contribution in [0.1, 0.15) is 88.5 Å². The lowest BCUT2D eigenvalue weighted by Crippen LogP contribution is -2.29. The topological polar surface area (TPSA) is 0 Å². The monoisotopic (exact) mass is 580 g/mol. The Kier molecular flexibility index (Phi) is 6.80. The molecule has 9 rings (SSSR count). The van der Waals surface area contributed by atoms with E-state index in [-0.39, 0.29) is 0 Å². The van der Waals surface area contributed by atoms with Crippen LogP contribution in [-0.4, -0.2) is 5.25 Å². The molecule has 1 heterocycles. The number of thioether (sulfide) groups is 1. The quantitative estimate of drug-likeness (QED) is 0.343. The van der Waals surface area contributed by atoms with Crippen LogP contribution in [0.2, 0.25) is 0 Å². The van der Waals surface area contributed by atoms with Gasteiger partial charge in [-0.1, -0.05) is 91.0 Å². The van der Waals surface area contributed by atoms with Crippen LogP contribution >= 0.6 is 11.8 Å². The van der Waals surface area contributed by atoms with Crippen LogP contribution in [0.15, 0.2) is 135 Å². The van der Waals surface area contributed by atoms with E-state index in [4.69, 9.17) is 0 Å². The fraction of sp³-hybridized carbons (Fsp3) is 0.429. The molecule has 4 unspecified atom stereocenters. The standard InChI is InChI=1S/C42H44S/c1-2-11-30-26-31(25-22-27(30)10-1)28-20-23-29(24-21-28)40-32-12-3-5-14-34(32)41(35-15-6-4-13-33(35)40)37-17-9-19-39-42(37)36-16-7-8-18-38(36)43-39/h3,5-9,12,15-19,25-29,34,39,42H,1-2,4,10-11,13-14,20-24H2. The Morgan fingerprint density at radius 2 is 1.63 bits per heavy atom. The zero-order valence-electron chi connectivity index (χ0n) is 25.4. The lowest BCUT2D eigenvalue weighted by molar-refractivity contribution is 0.330. The molecule has 43 heavy (non-hydrogen) atoms. The van der Waals surface area contributed by atoms with Gasteiger partial charge in [0.15, 0.2) is 0 Å². The van der Waals surface area contributed by atoms with Crippen LogP contribution in [0.3, 0.4) is 0 Å². The van der Waals surface area contributed by atoms with Crippen molar-refractivity contribution in [3.8, 4) is 0 Å². The number of allylic oxidation sites excluding steroid dienone is 17. The predicted octanol–water partition coefficient (Wildman–Crippen LogP) is 11.5. The van der Waals surface area contributed by atoms with Crippen LogP contribution in [0.4, 0.5) is 0 Å². The van der Waals surface area contributed by atoms with Crippen LogP contribution in [0.5, 0.6) is 0 Å². The van der Waals surface area contributed by atoms with E-state index in [2.05, 4.69) is 96.8 Å². The minimum absolute atomic E-state index is 0.469. The molecule has 0 aromatic heterocycles. The van der Waals surface area contributed by atoms with E-state index < -0.39 is 0 Å².